The summed E-state index contributed by atoms with van der Waals surface area (Å²) in [5, 5.41) is 7.79. The molecular formula is C25H17Cl2N3O4S. The van der Waals surface area contributed by atoms with Gasteiger partial charge in [0.25, 0.3) is 11.8 Å². The Morgan fingerprint density at radius 3 is 2.54 bits per heavy atom. The Morgan fingerprint density at radius 2 is 1.74 bits per heavy atom. The third-order valence-electron chi connectivity index (χ3n) is 4.72. The molecule has 0 aliphatic rings. The van der Waals surface area contributed by atoms with E-state index in [2.05, 4.69) is 15.8 Å². The first-order valence-corrected chi connectivity index (χ1v) is 11.8. The lowest BCUT2D eigenvalue weighted by molar-refractivity contribution is -0.120. The van der Waals surface area contributed by atoms with E-state index in [1.54, 1.807) is 48.5 Å². The summed E-state index contributed by atoms with van der Waals surface area (Å²) in [6.07, 6.45) is 1.39. The first-order valence-electron chi connectivity index (χ1n) is 10.3. The van der Waals surface area contributed by atoms with Gasteiger partial charge in [0.1, 0.15) is 10.6 Å². The van der Waals surface area contributed by atoms with Crippen molar-refractivity contribution in [2.45, 2.75) is 0 Å². The third kappa shape index (κ3) is 6.05. The highest BCUT2D eigenvalue weighted by atomic mass is 35.5. The number of carbonyl (C=O) groups excluding carboxylic acids is 3. The molecule has 0 saturated carbocycles. The van der Waals surface area contributed by atoms with Gasteiger partial charge in [0.05, 0.1) is 28.4 Å². The molecule has 0 atom stereocenters. The normalized spacial score (nSPS) is 10.9. The van der Waals surface area contributed by atoms with Crippen molar-refractivity contribution in [3.63, 3.8) is 0 Å². The number of nitrogens with zero attached hydrogens (tertiary/aromatic N) is 1. The molecule has 176 valence electrons. The lowest BCUT2D eigenvalue weighted by atomic mass is 10.2. The zero-order valence-corrected chi connectivity index (χ0v) is 20.3. The second kappa shape index (κ2) is 11.1. The van der Waals surface area contributed by atoms with Crippen LogP contribution in [0.3, 0.4) is 0 Å². The Labute approximate surface area is 214 Å². The van der Waals surface area contributed by atoms with E-state index in [1.165, 1.54) is 17.6 Å². The van der Waals surface area contributed by atoms with Crippen molar-refractivity contribution in [1.29, 1.82) is 0 Å². The SMILES string of the molecule is O=C(CNC(=O)c1ccccc1Cl)N/N=C/c1cccc(OC(=O)c2sc3ccccc3c2Cl)c1. The summed E-state index contributed by atoms with van der Waals surface area (Å²) < 4.78 is 6.37. The van der Waals surface area contributed by atoms with Gasteiger partial charge in [-0.2, -0.15) is 5.10 Å². The van der Waals surface area contributed by atoms with Gasteiger partial charge in [0.15, 0.2) is 0 Å². The van der Waals surface area contributed by atoms with E-state index in [0.29, 0.717) is 26.2 Å². The van der Waals surface area contributed by atoms with Crippen molar-refractivity contribution in [1.82, 2.24) is 10.7 Å². The first kappa shape index (κ1) is 24.4. The van der Waals surface area contributed by atoms with Gasteiger partial charge in [-0.05, 0) is 35.9 Å². The molecule has 1 aromatic heterocycles. The minimum atomic E-state index is -0.562. The van der Waals surface area contributed by atoms with Gasteiger partial charge in [-0.25, -0.2) is 10.2 Å². The molecule has 2 N–H and O–H groups in total. The van der Waals surface area contributed by atoms with Crippen molar-refractivity contribution in [3.05, 3.63) is 98.8 Å². The topological polar surface area (TPSA) is 96.9 Å². The molecule has 10 heteroatoms. The lowest BCUT2D eigenvalue weighted by Gasteiger charge is -2.06. The number of benzene rings is 3. The molecule has 0 bridgehead atoms. The molecule has 4 aromatic rings. The van der Waals surface area contributed by atoms with Gasteiger partial charge in [-0.3, -0.25) is 9.59 Å². The second-order valence-corrected chi connectivity index (χ2v) is 9.00. The molecule has 0 aliphatic carbocycles. The van der Waals surface area contributed by atoms with Crippen LogP contribution in [0.4, 0.5) is 0 Å². The largest absolute Gasteiger partial charge is 0.422 e. The summed E-state index contributed by atoms with van der Waals surface area (Å²) in [6.45, 7) is -0.283. The predicted octanol–water partition coefficient (Wildman–Crippen LogP) is 5.31. The highest BCUT2D eigenvalue weighted by Gasteiger charge is 2.19. The summed E-state index contributed by atoms with van der Waals surface area (Å²) in [5.74, 6) is -1.26. The van der Waals surface area contributed by atoms with Crippen LogP contribution in [-0.4, -0.2) is 30.5 Å². The zero-order valence-electron chi connectivity index (χ0n) is 18.0. The molecule has 0 radical (unpaired) electrons. The molecule has 0 fully saturated rings. The third-order valence-corrected chi connectivity index (χ3v) is 6.70. The summed E-state index contributed by atoms with van der Waals surface area (Å²) in [7, 11) is 0. The monoisotopic (exact) mass is 525 g/mol. The van der Waals surface area contributed by atoms with Gasteiger partial charge in [-0.15, -0.1) is 11.3 Å². The fourth-order valence-corrected chi connectivity index (χ4v) is 4.68. The van der Waals surface area contributed by atoms with E-state index in [4.69, 9.17) is 27.9 Å². The number of fused-ring (bicyclic) bond motifs is 1. The number of esters is 1. The predicted molar refractivity (Wildman–Crippen MR) is 138 cm³/mol. The van der Waals surface area contributed by atoms with Crippen LogP contribution in [-0.2, 0) is 4.79 Å². The maximum atomic E-state index is 12.6. The lowest BCUT2D eigenvalue weighted by Crippen LogP contribution is -2.35. The van der Waals surface area contributed by atoms with Gasteiger partial charge in [0, 0.05) is 10.1 Å². The van der Waals surface area contributed by atoms with E-state index in [-0.39, 0.29) is 12.1 Å². The number of hydrazone groups is 1. The number of thiophene rings is 1. The molecule has 0 saturated heterocycles. The molecule has 0 unspecified atom stereocenters. The number of hydrogen-bond donors (Lipinski definition) is 2. The quantitative estimate of drug-likeness (QED) is 0.148. The Kier molecular flexibility index (Phi) is 7.77. The summed E-state index contributed by atoms with van der Waals surface area (Å²) in [5.41, 5.74) is 3.17. The zero-order chi connectivity index (χ0) is 24.8. The number of rotatable bonds is 7. The number of amides is 2. The maximum Gasteiger partial charge on any atom is 0.355 e. The fourth-order valence-electron chi connectivity index (χ4n) is 3.08. The highest BCUT2D eigenvalue weighted by Crippen LogP contribution is 2.35. The molecule has 2 amide bonds. The fraction of sp³-hybridized carbons (Fsp3) is 0.0400. The molecule has 0 spiro atoms. The molecule has 1 heterocycles. The number of hydrogen-bond acceptors (Lipinski definition) is 6. The Hall–Kier alpha value is -3.72. The number of halogens is 2. The number of carbonyl (C=O) groups is 3. The molecular weight excluding hydrogens is 509 g/mol. The molecule has 35 heavy (non-hydrogen) atoms. The first-order chi connectivity index (χ1) is 16.9. The number of ether oxygens (including phenoxy) is 1. The molecule has 4 rings (SSSR count). The minimum Gasteiger partial charge on any atom is -0.422 e. The Balaban J connectivity index is 1.32. The maximum absolute atomic E-state index is 12.6. The summed E-state index contributed by atoms with van der Waals surface area (Å²) in [4.78, 5) is 37.0. The smallest absolute Gasteiger partial charge is 0.355 e. The van der Waals surface area contributed by atoms with Crippen LogP contribution >= 0.6 is 34.5 Å². The van der Waals surface area contributed by atoms with Gasteiger partial charge >= 0.3 is 5.97 Å². The molecule has 3 aromatic carbocycles. The van der Waals surface area contributed by atoms with Gasteiger partial charge < -0.3 is 10.1 Å². The second-order valence-electron chi connectivity index (χ2n) is 7.16. The van der Waals surface area contributed by atoms with Crippen LogP contribution in [0, 0.1) is 0 Å². The Morgan fingerprint density at radius 1 is 0.971 bits per heavy atom. The van der Waals surface area contributed by atoms with Crippen molar-refractivity contribution >= 4 is 68.6 Å². The average molecular weight is 526 g/mol. The van der Waals surface area contributed by atoms with Crippen molar-refractivity contribution in [2.75, 3.05) is 6.54 Å². The Bertz CT molecular complexity index is 1450. The number of nitrogens with one attached hydrogen (secondary N) is 2. The van der Waals surface area contributed by atoms with Crippen molar-refractivity contribution in [2.24, 2.45) is 5.10 Å². The van der Waals surface area contributed by atoms with E-state index in [9.17, 15) is 14.4 Å². The van der Waals surface area contributed by atoms with Crippen LogP contribution < -0.4 is 15.5 Å². The van der Waals surface area contributed by atoms with E-state index in [0.717, 1.165) is 10.1 Å². The van der Waals surface area contributed by atoms with E-state index >= 15 is 0 Å². The average Bonchev–Trinajstić information content (AvgIpc) is 3.20. The minimum absolute atomic E-state index is 0.272. The standard InChI is InChI=1S/C25H17Cl2N3O4S/c26-19-10-3-1-8-17(19)24(32)28-14-21(31)30-29-13-15-6-5-7-16(12-15)34-25(33)23-22(27)18-9-2-4-11-20(18)35-23/h1-13H,14H2,(H,28,32)(H,30,31)/b29-13+. The summed E-state index contributed by atoms with van der Waals surface area (Å²) >= 11 is 13.6. The van der Waals surface area contributed by atoms with Gasteiger partial charge in [-0.1, -0.05) is 65.7 Å². The van der Waals surface area contributed by atoms with E-state index in [1.807, 2.05) is 24.3 Å². The molecule has 7 nitrogen and oxygen atoms in total. The van der Waals surface area contributed by atoms with Crippen LogP contribution in [0.15, 0.2) is 77.9 Å². The van der Waals surface area contributed by atoms with Gasteiger partial charge in [0.2, 0.25) is 0 Å². The van der Waals surface area contributed by atoms with E-state index < -0.39 is 17.8 Å². The molecule has 0 aliphatic heterocycles. The van der Waals surface area contributed by atoms with Crippen LogP contribution in [0.2, 0.25) is 10.0 Å². The van der Waals surface area contributed by atoms with Crippen LogP contribution in [0.25, 0.3) is 10.1 Å². The van der Waals surface area contributed by atoms with Crippen LogP contribution in [0.1, 0.15) is 25.6 Å². The van der Waals surface area contributed by atoms with Crippen molar-refractivity contribution in [3.8, 4) is 5.75 Å². The van der Waals surface area contributed by atoms with Crippen molar-refractivity contribution < 1.29 is 19.1 Å². The summed E-state index contributed by atoms with van der Waals surface area (Å²) in [6, 6.07) is 20.6. The highest BCUT2D eigenvalue weighted by molar-refractivity contribution is 7.21. The van der Waals surface area contributed by atoms with Crippen LogP contribution in [0.5, 0.6) is 5.75 Å².